The van der Waals surface area contributed by atoms with Gasteiger partial charge in [-0.05, 0) is 25.5 Å². The number of rotatable bonds is 7. The second kappa shape index (κ2) is 8.82. The Morgan fingerprint density at radius 1 is 1.17 bits per heavy atom. The Balaban J connectivity index is 1.61. The summed E-state index contributed by atoms with van der Waals surface area (Å²) in [6, 6.07) is 1.85. The zero-order chi connectivity index (χ0) is 16.7. The highest BCUT2D eigenvalue weighted by atomic mass is 16.2. The first-order valence-electron chi connectivity index (χ1n) is 8.57. The van der Waals surface area contributed by atoms with E-state index >= 15 is 0 Å². The minimum absolute atomic E-state index is 0.0910. The number of hydrogen-bond acceptors (Lipinski definition) is 5. The van der Waals surface area contributed by atoms with Gasteiger partial charge < -0.3 is 9.80 Å². The first-order chi connectivity index (χ1) is 11.1. The van der Waals surface area contributed by atoms with Crippen LogP contribution in [0.5, 0.6) is 0 Å². The van der Waals surface area contributed by atoms with Gasteiger partial charge in [0.05, 0.1) is 0 Å². The quantitative estimate of drug-likeness (QED) is 0.713. The van der Waals surface area contributed by atoms with Crippen molar-refractivity contribution in [3.05, 3.63) is 18.5 Å². The normalized spacial score (nSPS) is 15.9. The van der Waals surface area contributed by atoms with Crippen molar-refractivity contribution >= 4 is 11.9 Å². The lowest BCUT2D eigenvalue weighted by Crippen LogP contribution is -2.47. The monoisotopic (exact) mass is 319 g/mol. The zero-order valence-corrected chi connectivity index (χ0v) is 14.6. The summed E-state index contributed by atoms with van der Waals surface area (Å²) in [7, 11) is 1.90. The van der Waals surface area contributed by atoms with Crippen LogP contribution in [-0.4, -0.2) is 72.0 Å². The Bertz CT molecular complexity index is 471. The van der Waals surface area contributed by atoms with Crippen molar-refractivity contribution in [2.75, 3.05) is 51.2 Å². The molecule has 0 unspecified atom stereocenters. The molecule has 2 heterocycles. The van der Waals surface area contributed by atoms with E-state index in [9.17, 15) is 4.79 Å². The molecule has 23 heavy (non-hydrogen) atoms. The molecule has 1 aromatic heterocycles. The molecule has 1 aliphatic rings. The lowest BCUT2D eigenvalue weighted by molar-refractivity contribution is -0.133. The molecule has 0 N–H and O–H groups in total. The van der Waals surface area contributed by atoms with Crippen LogP contribution in [0.2, 0.25) is 0 Å². The molecular formula is C17H29N5O. The summed E-state index contributed by atoms with van der Waals surface area (Å²) in [6.07, 6.45) is 5.79. The van der Waals surface area contributed by atoms with Gasteiger partial charge in [-0.2, -0.15) is 0 Å². The van der Waals surface area contributed by atoms with Crippen LogP contribution < -0.4 is 4.90 Å². The summed E-state index contributed by atoms with van der Waals surface area (Å²) < 4.78 is 0. The van der Waals surface area contributed by atoms with Crippen LogP contribution in [0.4, 0.5) is 5.95 Å². The molecule has 0 radical (unpaired) electrons. The van der Waals surface area contributed by atoms with E-state index < -0.39 is 0 Å². The van der Waals surface area contributed by atoms with Crippen LogP contribution in [0, 0.1) is 5.92 Å². The highest BCUT2D eigenvalue weighted by Gasteiger charge is 2.18. The minimum atomic E-state index is 0.0910. The van der Waals surface area contributed by atoms with Crippen molar-refractivity contribution in [2.45, 2.75) is 26.7 Å². The number of amides is 1. The first-order valence-corrected chi connectivity index (χ1v) is 8.57. The largest absolute Gasteiger partial charge is 0.346 e. The van der Waals surface area contributed by atoms with Crippen molar-refractivity contribution in [3.63, 3.8) is 0 Å². The van der Waals surface area contributed by atoms with Crippen molar-refractivity contribution in [1.29, 1.82) is 0 Å². The van der Waals surface area contributed by atoms with Crippen molar-refractivity contribution in [1.82, 2.24) is 19.8 Å². The molecule has 1 aliphatic heterocycles. The van der Waals surface area contributed by atoms with Gasteiger partial charge in [0.15, 0.2) is 0 Å². The maximum absolute atomic E-state index is 11.8. The van der Waals surface area contributed by atoms with Gasteiger partial charge in [0.2, 0.25) is 11.9 Å². The molecule has 2 rings (SSSR count). The van der Waals surface area contributed by atoms with Gasteiger partial charge in [0.25, 0.3) is 0 Å². The number of piperazine rings is 1. The van der Waals surface area contributed by atoms with Gasteiger partial charge in [-0.1, -0.05) is 13.8 Å². The maximum Gasteiger partial charge on any atom is 0.225 e. The predicted octanol–water partition coefficient (Wildman–Crippen LogP) is 1.49. The Kier molecular flexibility index (Phi) is 6.77. The molecule has 0 saturated carbocycles. The number of unbranched alkanes of at least 4 members (excludes halogenated alkanes) is 1. The molecular weight excluding hydrogens is 290 g/mol. The second-order valence-electron chi connectivity index (χ2n) is 6.50. The SMILES string of the molecule is CC(C)C(=O)N(C)CCCCN1CCN(c2ncccn2)CC1. The molecule has 1 amide bonds. The average Bonchev–Trinajstić information content (AvgIpc) is 2.59. The number of anilines is 1. The molecule has 128 valence electrons. The molecule has 0 bridgehead atoms. The van der Waals surface area contributed by atoms with E-state index in [0.717, 1.165) is 58.1 Å². The fraction of sp³-hybridized carbons (Fsp3) is 0.706. The number of carbonyl (C=O) groups is 1. The zero-order valence-electron chi connectivity index (χ0n) is 14.6. The highest BCUT2D eigenvalue weighted by Crippen LogP contribution is 2.10. The molecule has 0 spiro atoms. The molecule has 0 atom stereocenters. The van der Waals surface area contributed by atoms with Crippen molar-refractivity contribution in [2.24, 2.45) is 5.92 Å². The van der Waals surface area contributed by atoms with E-state index in [1.54, 1.807) is 12.4 Å². The number of aromatic nitrogens is 2. The topological polar surface area (TPSA) is 52.6 Å². The third-order valence-corrected chi connectivity index (χ3v) is 4.30. The summed E-state index contributed by atoms with van der Waals surface area (Å²) in [4.78, 5) is 27.0. The Labute approximate surface area is 139 Å². The maximum atomic E-state index is 11.8. The number of carbonyl (C=O) groups excluding carboxylic acids is 1. The summed E-state index contributed by atoms with van der Waals surface area (Å²) in [5.41, 5.74) is 0. The van der Waals surface area contributed by atoms with Gasteiger partial charge in [-0.15, -0.1) is 0 Å². The first kappa shape index (κ1) is 17.7. The minimum Gasteiger partial charge on any atom is -0.346 e. The molecule has 1 saturated heterocycles. The Hall–Kier alpha value is -1.69. The molecule has 6 nitrogen and oxygen atoms in total. The van der Waals surface area contributed by atoms with Crippen LogP contribution in [0.15, 0.2) is 18.5 Å². The van der Waals surface area contributed by atoms with Gasteiger partial charge in [0, 0.05) is 58.1 Å². The van der Waals surface area contributed by atoms with E-state index in [2.05, 4.69) is 19.8 Å². The van der Waals surface area contributed by atoms with E-state index in [1.807, 2.05) is 31.9 Å². The summed E-state index contributed by atoms with van der Waals surface area (Å²) in [5, 5.41) is 0. The molecule has 1 aromatic rings. The smallest absolute Gasteiger partial charge is 0.225 e. The number of hydrogen-bond donors (Lipinski definition) is 0. The van der Waals surface area contributed by atoms with E-state index in [4.69, 9.17) is 0 Å². The molecule has 0 aliphatic carbocycles. The van der Waals surface area contributed by atoms with E-state index in [1.165, 1.54) is 0 Å². The number of nitrogens with zero attached hydrogens (tertiary/aromatic N) is 5. The fourth-order valence-corrected chi connectivity index (χ4v) is 2.86. The Morgan fingerprint density at radius 3 is 2.43 bits per heavy atom. The Morgan fingerprint density at radius 2 is 1.83 bits per heavy atom. The standard InChI is InChI=1S/C17H29N5O/c1-15(2)16(23)20(3)9-4-5-10-21-11-13-22(14-12-21)17-18-7-6-8-19-17/h6-8,15H,4-5,9-14H2,1-3H3. The van der Waals surface area contributed by atoms with Gasteiger partial charge in [-0.3, -0.25) is 9.69 Å². The second-order valence-corrected chi connectivity index (χ2v) is 6.50. The van der Waals surface area contributed by atoms with Gasteiger partial charge in [0.1, 0.15) is 0 Å². The van der Waals surface area contributed by atoms with Gasteiger partial charge >= 0.3 is 0 Å². The van der Waals surface area contributed by atoms with Crippen LogP contribution >= 0.6 is 0 Å². The van der Waals surface area contributed by atoms with E-state index in [0.29, 0.717) is 0 Å². The van der Waals surface area contributed by atoms with Gasteiger partial charge in [-0.25, -0.2) is 9.97 Å². The van der Waals surface area contributed by atoms with Crippen LogP contribution in [0.3, 0.4) is 0 Å². The van der Waals surface area contributed by atoms with Crippen LogP contribution in [0.25, 0.3) is 0 Å². The molecule has 1 fully saturated rings. The molecule has 6 heteroatoms. The fourth-order valence-electron chi connectivity index (χ4n) is 2.86. The van der Waals surface area contributed by atoms with Crippen LogP contribution in [-0.2, 0) is 4.79 Å². The third-order valence-electron chi connectivity index (χ3n) is 4.30. The molecule has 0 aromatic carbocycles. The van der Waals surface area contributed by atoms with Crippen LogP contribution in [0.1, 0.15) is 26.7 Å². The van der Waals surface area contributed by atoms with Crippen molar-refractivity contribution in [3.8, 4) is 0 Å². The van der Waals surface area contributed by atoms with E-state index in [-0.39, 0.29) is 11.8 Å². The summed E-state index contributed by atoms with van der Waals surface area (Å²) in [6.45, 7) is 9.94. The summed E-state index contributed by atoms with van der Waals surface area (Å²) >= 11 is 0. The highest BCUT2D eigenvalue weighted by molar-refractivity contribution is 5.77. The lowest BCUT2D eigenvalue weighted by atomic mass is 10.2. The predicted molar refractivity (Wildman–Crippen MR) is 92.4 cm³/mol. The summed E-state index contributed by atoms with van der Waals surface area (Å²) in [5.74, 6) is 1.16. The lowest BCUT2D eigenvalue weighted by Gasteiger charge is -2.34. The van der Waals surface area contributed by atoms with Crippen molar-refractivity contribution < 1.29 is 4.79 Å². The average molecular weight is 319 g/mol. The third kappa shape index (κ3) is 5.46.